The number of fused-ring (bicyclic) bond motifs is 1. The maximum atomic E-state index is 6.40. The number of hydrogen-bond acceptors (Lipinski definition) is 4. The van der Waals surface area contributed by atoms with Gasteiger partial charge in [0.1, 0.15) is 11.9 Å². The van der Waals surface area contributed by atoms with Crippen LogP contribution in [0.3, 0.4) is 0 Å². The Kier molecular flexibility index (Phi) is 7.25. The molecule has 0 saturated heterocycles. The number of nitrogens with zero attached hydrogens (tertiary/aromatic N) is 1. The highest BCUT2D eigenvalue weighted by Crippen LogP contribution is 2.38. The van der Waals surface area contributed by atoms with Gasteiger partial charge < -0.3 is 14.8 Å². The van der Waals surface area contributed by atoms with Crippen molar-refractivity contribution in [2.24, 2.45) is 0 Å². The second-order valence-corrected chi connectivity index (χ2v) is 8.04. The number of hydrogen-bond donors (Lipinski definition) is 1. The zero-order valence-corrected chi connectivity index (χ0v) is 19.2. The van der Waals surface area contributed by atoms with E-state index in [4.69, 9.17) is 9.47 Å². The van der Waals surface area contributed by atoms with Crippen LogP contribution in [0.2, 0.25) is 0 Å². The summed E-state index contributed by atoms with van der Waals surface area (Å²) in [6, 6.07) is 25.2. The van der Waals surface area contributed by atoms with E-state index in [-0.39, 0.29) is 6.10 Å². The molecule has 0 fully saturated rings. The summed E-state index contributed by atoms with van der Waals surface area (Å²) in [6.45, 7) is 8.01. The molecule has 0 spiro atoms. The number of benzene rings is 3. The van der Waals surface area contributed by atoms with Crippen molar-refractivity contribution in [2.75, 3.05) is 25.5 Å². The summed E-state index contributed by atoms with van der Waals surface area (Å²) in [4.78, 5) is 2.43. The third kappa shape index (κ3) is 5.21. The van der Waals surface area contributed by atoms with Crippen LogP contribution in [0.1, 0.15) is 42.2 Å². The van der Waals surface area contributed by atoms with Gasteiger partial charge in [-0.25, -0.2) is 0 Å². The molecule has 3 aromatic carbocycles. The monoisotopic (exact) mass is 428 g/mol. The fourth-order valence-electron chi connectivity index (χ4n) is 4.05. The molecule has 0 radical (unpaired) electrons. The molecule has 1 aliphatic heterocycles. The Hall–Kier alpha value is -3.08. The van der Waals surface area contributed by atoms with Gasteiger partial charge in [-0.05, 0) is 60.1 Å². The van der Waals surface area contributed by atoms with E-state index < -0.39 is 0 Å². The Bertz CT molecular complexity index is 1060. The van der Waals surface area contributed by atoms with Crippen molar-refractivity contribution in [2.45, 2.75) is 33.1 Å². The van der Waals surface area contributed by atoms with Crippen LogP contribution < -0.4 is 10.1 Å². The van der Waals surface area contributed by atoms with E-state index in [1.54, 1.807) is 7.11 Å². The van der Waals surface area contributed by atoms with E-state index in [2.05, 4.69) is 78.7 Å². The van der Waals surface area contributed by atoms with Gasteiger partial charge >= 0.3 is 0 Å². The number of rotatable bonds is 9. The zero-order chi connectivity index (χ0) is 22.3. The first kappa shape index (κ1) is 22.1. The lowest BCUT2D eigenvalue weighted by molar-refractivity contribution is 0.0718. The Morgan fingerprint density at radius 1 is 0.875 bits per heavy atom. The summed E-state index contributed by atoms with van der Waals surface area (Å²) >= 11 is 0. The lowest BCUT2D eigenvalue weighted by Gasteiger charge is -2.27. The van der Waals surface area contributed by atoms with Crippen molar-refractivity contribution in [3.8, 4) is 5.75 Å². The van der Waals surface area contributed by atoms with Gasteiger partial charge in [-0.2, -0.15) is 0 Å². The van der Waals surface area contributed by atoms with Gasteiger partial charge in [0.25, 0.3) is 0 Å². The van der Waals surface area contributed by atoms with Gasteiger partial charge in [-0.3, -0.25) is 4.90 Å². The van der Waals surface area contributed by atoms with Crippen LogP contribution in [-0.2, 0) is 17.9 Å². The first-order valence-corrected chi connectivity index (χ1v) is 11.3. The largest absolute Gasteiger partial charge is 0.497 e. The van der Waals surface area contributed by atoms with Crippen LogP contribution in [0.15, 0.2) is 78.9 Å². The molecule has 1 N–H and O–H groups in total. The van der Waals surface area contributed by atoms with Gasteiger partial charge in [-0.1, -0.05) is 62.4 Å². The highest BCUT2D eigenvalue weighted by atomic mass is 16.5. The second-order valence-electron chi connectivity index (χ2n) is 8.04. The smallest absolute Gasteiger partial charge is 0.119 e. The van der Waals surface area contributed by atoms with Crippen molar-refractivity contribution in [1.82, 2.24) is 4.90 Å². The quantitative estimate of drug-likeness (QED) is 0.436. The van der Waals surface area contributed by atoms with E-state index in [1.165, 1.54) is 11.1 Å². The molecule has 4 nitrogen and oxygen atoms in total. The third-order valence-electron chi connectivity index (χ3n) is 5.96. The minimum Gasteiger partial charge on any atom is -0.497 e. The molecule has 0 amide bonds. The molecule has 0 aromatic heterocycles. The molecule has 1 aliphatic rings. The van der Waals surface area contributed by atoms with Gasteiger partial charge in [0.2, 0.25) is 0 Å². The highest BCUT2D eigenvalue weighted by molar-refractivity contribution is 5.82. The molecule has 4 rings (SSSR count). The Balaban J connectivity index is 1.63. The molecule has 0 bridgehead atoms. The summed E-state index contributed by atoms with van der Waals surface area (Å²) < 4.78 is 11.9. The van der Waals surface area contributed by atoms with Gasteiger partial charge in [-0.15, -0.1) is 0 Å². The van der Waals surface area contributed by atoms with E-state index in [9.17, 15) is 0 Å². The summed E-state index contributed by atoms with van der Waals surface area (Å²) in [5.41, 5.74) is 6.85. The molecule has 32 heavy (non-hydrogen) atoms. The highest BCUT2D eigenvalue weighted by Gasteiger charge is 2.22. The van der Waals surface area contributed by atoms with E-state index in [1.807, 2.05) is 24.3 Å². The maximum absolute atomic E-state index is 6.40. The first-order valence-electron chi connectivity index (χ1n) is 11.3. The first-order chi connectivity index (χ1) is 15.7. The van der Waals surface area contributed by atoms with Gasteiger partial charge in [0.05, 0.1) is 13.7 Å². The molecule has 1 heterocycles. The Morgan fingerprint density at radius 3 is 2.41 bits per heavy atom. The lowest BCUT2D eigenvalue weighted by atomic mass is 9.97. The van der Waals surface area contributed by atoms with Crippen LogP contribution >= 0.6 is 0 Å². The van der Waals surface area contributed by atoms with Crippen LogP contribution in [0, 0.1) is 0 Å². The van der Waals surface area contributed by atoms with Crippen LogP contribution in [0.25, 0.3) is 5.70 Å². The average molecular weight is 429 g/mol. The van der Waals surface area contributed by atoms with Crippen LogP contribution in [0.5, 0.6) is 5.75 Å². The summed E-state index contributed by atoms with van der Waals surface area (Å²) in [6.07, 6.45) is 2.02. The molecule has 0 aliphatic carbocycles. The summed E-state index contributed by atoms with van der Waals surface area (Å²) in [7, 11) is 1.69. The zero-order valence-electron chi connectivity index (χ0n) is 19.2. The van der Waals surface area contributed by atoms with E-state index in [0.717, 1.165) is 47.9 Å². The summed E-state index contributed by atoms with van der Waals surface area (Å²) in [5, 5.41) is 3.61. The number of anilines is 1. The van der Waals surface area contributed by atoms with Crippen molar-refractivity contribution in [3.63, 3.8) is 0 Å². The fourth-order valence-corrected chi connectivity index (χ4v) is 4.05. The van der Waals surface area contributed by atoms with Crippen molar-refractivity contribution < 1.29 is 9.47 Å². The Morgan fingerprint density at radius 2 is 1.66 bits per heavy atom. The number of nitrogens with one attached hydrogen (secondary N) is 1. The molecule has 1 unspecified atom stereocenters. The minimum absolute atomic E-state index is 0.164. The standard InChI is InChI=1S/C28H32N2O2/c1-4-30(5-2)19-22-12-9-13-23(16-22)27-18-28(32-20-21-10-7-6-8-11-21)25-17-24(31-3)14-15-26(25)29-27/h6-18,28-29H,4-5,19-20H2,1-3H3. The maximum Gasteiger partial charge on any atom is 0.119 e. The topological polar surface area (TPSA) is 33.7 Å². The van der Waals surface area contributed by atoms with Crippen LogP contribution in [-0.4, -0.2) is 25.1 Å². The molecule has 166 valence electrons. The lowest BCUT2D eigenvalue weighted by Crippen LogP contribution is -2.22. The Labute approximate surface area is 191 Å². The molecule has 0 saturated carbocycles. The van der Waals surface area contributed by atoms with E-state index in [0.29, 0.717) is 6.61 Å². The summed E-state index contributed by atoms with van der Waals surface area (Å²) in [5.74, 6) is 0.830. The normalized spacial score (nSPS) is 15.1. The van der Waals surface area contributed by atoms with Crippen molar-refractivity contribution >= 4 is 11.4 Å². The predicted molar refractivity (Wildman–Crippen MR) is 132 cm³/mol. The van der Waals surface area contributed by atoms with Crippen LogP contribution in [0.4, 0.5) is 5.69 Å². The number of methoxy groups -OCH3 is 1. The third-order valence-corrected chi connectivity index (χ3v) is 5.96. The molecule has 3 aromatic rings. The SMILES string of the molecule is CCN(CC)Cc1cccc(C2=CC(OCc3ccccc3)c3cc(OC)ccc3N2)c1. The minimum atomic E-state index is -0.164. The number of ether oxygens (including phenoxy) is 2. The van der Waals surface area contributed by atoms with Crippen molar-refractivity contribution in [3.05, 3.63) is 101 Å². The van der Waals surface area contributed by atoms with E-state index >= 15 is 0 Å². The van der Waals surface area contributed by atoms with Gasteiger partial charge in [0, 0.05) is 23.5 Å². The average Bonchev–Trinajstić information content (AvgIpc) is 2.86. The molecular weight excluding hydrogens is 396 g/mol. The second kappa shape index (κ2) is 10.5. The van der Waals surface area contributed by atoms with Gasteiger partial charge in [0.15, 0.2) is 0 Å². The fraction of sp³-hybridized carbons (Fsp3) is 0.286. The predicted octanol–water partition coefficient (Wildman–Crippen LogP) is 6.26. The molecular formula is C28H32N2O2. The van der Waals surface area contributed by atoms with Crippen molar-refractivity contribution in [1.29, 1.82) is 0 Å². The molecule has 4 heteroatoms. The molecule has 1 atom stereocenters.